The molecular weight excluding hydrogens is 182 g/mol. The third kappa shape index (κ3) is 2.89. The highest BCUT2D eigenvalue weighted by molar-refractivity contribution is 5.82. The second-order valence-corrected chi connectivity index (χ2v) is 2.88. The summed E-state index contributed by atoms with van der Waals surface area (Å²) in [5.74, 6) is -0.325. The summed E-state index contributed by atoms with van der Waals surface area (Å²) in [5, 5.41) is 1.06. The first kappa shape index (κ1) is 10.3. The van der Waals surface area contributed by atoms with Crippen LogP contribution in [0.2, 0.25) is 0 Å². The first-order chi connectivity index (χ1) is 6.11. The summed E-state index contributed by atoms with van der Waals surface area (Å²) < 4.78 is 23.4. The highest BCUT2D eigenvalue weighted by atomic mass is 19.3. The van der Waals surface area contributed by atoms with Crippen LogP contribution in [0.5, 0.6) is 0 Å². The van der Waals surface area contributed by atoms with E-state index in [2.05, 4.69) is 0 Å². The van der Waals surface area contributed by atoms with E-state index in [1.54, 1.807) is 0 Å². The molecule has 0 aliphatic carbocycles. The van der Waals surface area contributed by atoms with E-state index in [1.807, 2.05) is 0 Å². The van der Waals surface area contributed by atoms with Gasteiger partial charge in [-0.05, 0) is 6.42 Å². The Labute approximate surface area is 74.6 Å². The van der Waals surface area contributed by atoms with Gasteiger partial charge in [0.2, 0.25) is 6.43 Å². The Kier molecular flexibility index (Phi) is 3.56. The molecule has 1 aliphatic heterocycles. The number of nitrogens with zero attached hydrogens (tertiary/aromatic N) is 1. The van der Waals surface area contributed by atoms with E-state index in [1.165, 1.54) is 0 Å². The fourth-order valence-corrected chi connectivity index (χ4v) is 1.05. The lowest BCUT2D eigenvalue weighted by Crippen LogP contribution is -2.35. The predicted molar refractivity (Wildman–Crippen MR) is 40.9 cm³/mol. The van der Waals surface area contributed by atoms with Crippen LogP contribution in [-0.4, -0.2) is 36.6 Å². The summed E-state index contributed by atoms with van der Waals surface area (Å²) in [4.78, 5) is 15.9. The third-order valence-corrected chi connectivity index (χ3v) is 1.76. The Morgan fingerprint density at radius 1 is 1.69 bits per heavy atom. The Morgan fingerprint density at radius 2 is 2.38 bits per heavy atom. The van der Waals surface area contributed by atoms with Crippen molar-refractivity contribution in [2.24, 2.45) is 5.73 Å². The number of hydrogen-bond donors (Lipinski definition) is 1. The molecule has 0 aromatic heterocycles. The number of amides is 1. The summed E-state index contributed by atoms with van der Waals surface area (Å²) >= 11 is 0. The predicted octanol–water partition coefficient (Wildman–Crippen LogP) is 0.133. The van der Waals surface area contributed by atoms with Crippen LogP contribution in [0, 0.1) is 0 Å². The largest absolute Gasteiger partial charge is 0.318 e. The lowest BCUT2D eigenvalue weighted by molar-refractivity contribution is -0.162. The zero-order valence-electron chi connectivity index (χ0n) is 7.08. The van der Waals surface area contributed by atoms with Crippen molar-refractivity contribution in [2.75, 3.05) is 13.2 Å². The molecule has 0 bridgehead atoms. The van der Waals surface area contributed by atoms with Gasteiger partial charge in [0, 0.05) is 13.0 Å². The van der Waals surface area contributed by atoms with Crippen LogP contribution in [0.1, 0.15) is 12.8 Å². The minimum atomic E-state index is -2.33. The molecule has 1 amide bonds. The highest BCUT2D eigenvalue weighted by Crippen LogP contribution is 2.09. The number of alkyl halides is 2. The minimum absolute atomic E-state index is 0.146. The number of hydrogen-bond acceptors (Lipinski definition) is 3. The molecule has 4 nitrogen and oxygen atoms in total. The average Bonchev–Trinajstić information content (AvgIpc) is 2.35. The molecule has 1 fully saturated rings. The zero-order valence-corrected chi connectivity index (χ0v) is 7.08. The standard InChI is InChI=1S/C7H12F2N2O2/c8-6(9)2-1-3-11-7(12)5(10)4-13-11/h5-6H,1-4,10H2. The van der Waals surface area contributed by atoms with Crippen LogP contribution in [0.15, 0.2) is 0 Å². The van der Waals surface area contributed by atoms with Gasteiger partial charge in [-0.1, -0.05) is 0 Å². The molecule has 1 aliphatic rings. The summed E-state index contributed by atoms with van der Waals surface area (Å²) in [6.45, 7) is 0.338. The van der Waals surface area contributed by atoms with Gasteiger partial charge in [0.25, 0.3) is 5.91 Å². The quantitative estimate of drug-likeness (QED) is 0.692. The lowest BCUT2D eigenvalue weighted by atomic mass is 10.3. The molecule has 1 heterocycles. The van der Waals surface area contributed by atoms with Crippen LogP contribution in [0.25, 0.3) is 0 Å². The molecule has 0 aromatic rings. The molecule has 13 heavy (non-hydrogen) atoms. The zero-order chi connectivity index (χ0) is 9.84. The number of carbonyl (C=O) groups is 1. The average molecular weight is 194 g/mol. The summed E-state index contributed by atoms with van der Waals surface area (Å²) in [6, 6.07) is -0.633. The van der Waals surface area contributed by atoms with Gasteiger partial charge in [-0.15, -0.1) is 0 Å². The van der Waals surface area contributed by atoms with Crippen LogP contribution in [0.4, 0.5) is 8.78 Å². The summed E-state index contributed by atoms with van der Waals surface area (Å²) in [6.07, 6.45) is -2.32. The maximum atomic E-state index is 11.7. The first-order valence-electron chi connectivity index (χ1n) is 4.09. The third-order valence-electron chi connectivity index (χ3n) is 1.76. The summed E-state index contributed by atoms with van der Waals surface area (Å²) in [5.41, 5.74) is 5.34. The smallest absolute Gasteiger partial charge is 0.265 e. The molecule has 0 radical (unpaired) electrons. The van der Waals surface area contributed by atoms with E-state index in [0.29, 0.717) is 0 Å². The molecule has 6 heteroatoms. The second-order valence-electron chi connectivity index (χ2n) is 2.88. The van der Waals surface area contributed by atoms with Gasteiger partial charge in [0.15, 0.2) is 0 Å². The first-order valence-corrected chi connectivity index (χ1v) is 4.09. The number of halogens is 2. The van der Waals surface area contributed by atoms with Gasteiger partial charge in [-0.25, -0.2) is 13.8 Å². The van der Waals surface area contributed by atoms with Crippen molar-refractivity contribution in [2.45, 2.75) is 25.3 Å². The van der Waals surface area contributed by atoms with Gasteiger partial charge in [0.05, 0.1) is 6.61 Å². The van der Waals surface area contributed by atoms with Crippen LogP contribution >= 0.6 is 0 Å². The fourth-order valence-electron chi connectivity index (χ4n) is 1.05. The van der Waals surface area contributed by atoms with Gasteiger partial charge in [0.1, 0.15) is 6.04 Å². The SMILES string of the molecule is NC1CON(CCCC(F)F)C1=O. The topological polar surface area (TPSA) is 55.6 Å². The van der Waals surface area contributed by atoms with E-state index in [-0.39, 0.29) is 31.9 Å². The monoisotopic (exact) mass is 194 g/mol. The van der Waals surface area contributed by atoms with E-state index < -0.39 is 12.5 Å². The van der Waals surface area contributed by atoms with Gasteiger partial charge < -0.3 is 5.73 Å². The molecule has 1 unspecified atom stereocenters. The minimum Gasteiger partial charge on any atom is -0.318 e. The number of nitrogens with two attached hydrogens (primary N) is 1. The Morgan fingerprint density at radius 3 is 2.85 bits per heavy atom. The van der Waals surface area contributed by atoms with Gasteiger partial charge in [-0.2, -0.15) is 0 Å². The fraction of sp³-hybridized carbons (Fsp3) is 0.857. The number of carbonyl (C=O) groups excluding carboxylic acids is 1. The molecule has 1 saturated heterocycles. The highest BCUT2D eigenvalue weighted by Gasteiger charge is 2.29. The maximum Gasteiger partial charge on any atom is 0.265 e. The van der Waals surface area contributed by atoms with Crippen molar-refractivity contribution < 1.29 is 18.4 Å². The Bertz CT molecular complexity index is 189. The maximum absolute atomic E-state index is 11.7. The molecule has 76 valence electrons. The number of rotatable bonds is 4. The van der Waals surface area contributed by atoms with E-state index in [4.69, 9.17) is 10.6 Å². The Balaban J connectivity index is 2.19. The van der Waals surface area contributed by atoms with Crippen LogP contribution in [-0.2, 0) is 9.63 Å². The molecule has 1 rings (SSSR count). The Hall–Kier alpha value is -0.750. The van der Waals surface area contributed by atoms with Gasteiger partial charge >= 0.3 is 0 Å². The lowest BCUT2D eigenvalue weighted by Gasteiger charge is -2.13. The van der Waals surface area contributed by atoms with Crippen molar-refractivity contribution >= 4 is 5.91 Å². The normalized spacial score (nSPS) is 23.2. The van der Waals surface area contributed by atoms with Crippen molar-refractivity contribution in [1.29, 1.82) is 0 Å². The van der Waals surface area contributed by atoms with E-state index >= 15 is 0 Å². The van der Waals surface area contributed by atoms with Crippen LogP contribution < -0.4 is 5.73 Å². The van der Waals surface area contributed by atoms with Crippen molar-refractivity contribution in [3.8, 4) is 0 Å². The molecule has 1 atom stereocenters. The molecule has 2 N–H and O–H groups in total. The molecular formula is C7H12F2N2O2. The second kappa shape index (κ2) is 4.48. The van der Waals surface area contributed by atoms with Crippen LogP contribution in [0.3, 0.4) is 0 Å². The molecule has 0 aromatic carbocycles. The number of hydroxylamine groups is 2. The summed E-state index contributed by atoms with van der Waals surface area (Å²) in [7, 11) is 0. The van der Waals surface area contributed by atoms with Crippen molar-refractivity contribution in [3.05, 3.63) is 0 Å². The van der Waals surface area contributed by atoms with E-state index in [0.717, 1.165) is 5.06 Å². The van der Waals surface area contributed by atoms with Crippen molar-refractivity contribution in [3.63, 3.8) is 0 Å². The van der Waals surface area contributed by atoms with Gasteiger partial charge in [-0.3, -0.25) is 9.63 Å². The van der Waals surface area contributed by atoms with E-state index in [9.17, 15) is 13.6 Å². The molecule has 0 saturated carbocycles. The van der Waals surface area contributed by atoms with Crippen molar-refractivity contribution in [1.82, 2.24) is 5.06 Å². The molecule has 0 spiro atoms.